The van der Waals surface area contributed by atoms with E-state index >= 15 is 0 Å². The highest BCUT2D eigenvalue weighted by atomic mass is 32.2. The molecule has 0 aliphatic rings. The van der Waals surface area contributed by atoms with Gasteiger partial charge in [-0.15, -0.1) is 11.8 Å². The second-order valence-corrected chi connectivity index (χ2v) is 5.71. The van der Waals surface area contributed by atoms with Crippen LogP contribution in [0.2, 0.25) is 0 Å². The van der Waals surface area contributed by atoms with Gasteiger partial charge in [0.15, 0.2) is 0 Å². The molecule has 96 valence electrons. The van der Waals surface area contributed by atoms with Crippen LogP contribution in [0, 0.1) is 6.92 Å². The zero-order valence-corrected chi connectivity index (χ0v) is 11.7. The normalized spacial score (nSPS) is 12.6. The number of aromatic nitrogens is 2. The summed E-state index contributed by atoms with van der Waals surface area (Å²) in [6.45, 7) is 2.11. The van der Waals surface area contributed by atoms with E-state index in [1.807, 2.05) is 35.9 Å². The van der Waals surface area contributed by atoms with E-state index in [1.165, 1.54) is 16.0 Å². The lowest BCUT2D eigenvalue weighted by atomic mass is 10.1. The number of benzene rings is 1. The van der Waals surface area contributed by atoms with Crippen LogP contribution < -0.4 is 5.73 Å². The summed E-state index contributed by atoms with van der Waals surface area (Å²) in [5, 5.41) is 4.15. The smallest absolute Gasteiger partial charge is 0.0522 e. The van der Waals surface area contributed by atoms with Crippen LogP contribution in [0.15, 0.2) is 41.6 Å². The molecule has 2 N–H and O–H groups in total. The minimum Gasteiger partial charge on any atom is -0.327 e. The van der Waals surface area contributed by atoms with E-state index in [2.05, 4.69) is 36.3 Å². The summed E-state index contributed by atoms with van der Waals surface area (Å²) in [6, 6.07) is 8.69. The molecule has 1 unspecified atom stereocenters. The van der Waals surface area contributed by atoms with Gasteiger partial charge in [0.25, 0.3) is 0 Å². The van der Waals surface area contributed by atoms with Crippen molar-refractivity contribution >= 4 is 11.8 Å². The quantitative estimate of drug-likeness (QED) is 0.841. The Kier molecular flexibility index (Phi) is 4.44. The third kappa shape index (κ3) is 3.89. The molecule has 3 nitrogen and oxygen atoms in total. The molecule has 1 aromatic heterocycles. The minimum absolute atomic E-state index is 0.166. The van der Waals surface area contributed by atoms with E-state index in [-0.39, 0.29) is 6.04 Å². The van der Waals surface area contributed by atoms with Crippen molar-refractivity contribution in [3.63, 3.8) is 0 Å². The van der Waals surface area contributed by atoms with Crippen molar-refractivity contribution in [2.24, 2.45) is 12.8 Å². The van der Waals surface area contributed by atoms with Crippen molar-refractivity contribution in [1.29, 1.82) is 0 Å². The molecule has 1 atom stereocenters. The molecule has 2 aromatic rings. The maximum atomic E-state index is 6.14. The fraction of sp³-hybridized carbons (Fsp3) is 0.357. The molecule has 4 heteroatoms. The average molecular weight is 261 g/mol. The second kappa shape index (κ2) is 6.07. The van der Waals surface area contributed by atoms with E-state index in [9.17, 15) is 0 Å². The van der Waals surface area contributed by atoms with Gasteiger partial charge in [-0.3, -0.25) is 4.68 Å². The summed E-state index contributed by atoms with van der Waals surface area (Å²) in [5.74, 6) is 0.929. The first kappa shape index (κ1) is 13.2. The monoisotopic (exact) mass is 261 g/mol. The molecule has 0 aliphatic carbocycles. The molecule has 1 aromatic carbocycles. The number of hydrogen-bond donors (Lipinski definition) is 1. The van der Waals surface area contributed by atoms with Gasteiger partial charge in [-0.1, -0.05) is 17.7 Å². The van der Waals surface area contributed by atoms with Crippen molar-refractivity contribution in [2.45, 2.75) is 24.3 Å². The molecule has 0 spiro atoms. The predicted molar refractivity (Wildman–Crippen MR) is 76.8 cm³/mol. The van der Waals surface area contributed by atoms with Crippen LogP contribution in [-0.2, 0) is 13.5 Å². The predicted octanol–water partition coefficient (Wildman–Crippen LogP) is 2.39. The van der Waals surface area contributed by atoms with Crippen LogP contribution in [0.3, 0.4) is 0 Å². The maximum Gasteiger partial charge on any atom is 0.0522 e. The summed E-state index contributed by atoms with van der Waals surface area (Å²) in [7, 11) is 1.93. The highest BCUT2D eigenvalue weighted by Crippen LogP contribution is 2.20. The van der Waals surface area contributed by atoms with Crippen LogP contribution in [0.25, 0.3) is 0 Å². The molecular formula is C14H19N3S. The lowest BCUT2D eigenvalue weighted by Crippen LogP contribution is -2.25. The summed E-state index contributed by atoms with van der Waals surface area (Å²) in [6.07, 6.45) is 4.79. The number of aryl methyl sites for hydroxylation is 2. The Hall–Kier alpha value is -1.26. The van der Waals surface area contributed by atoms with Gasteiger partial charge in [-0.05, 0) is 31.0 Å². The first-order valence-electron chi connectivity index (χ1n) is 6.06. The van der Waals surface area contributed by atoms with E-state index < -0.39 is 0 Å². The Morgan fingerprint density at radius 2 is 2.28 bits per heavy atom. The Labute approximate surface area is 112 Å². The second-order valence-electron chi connectivity index (χ2n) is 4.61. The summed E-state index contributed by atoms with van der Waals surface area (Å²) < 4.78 is 1.82. The van der Waals surface area contributed by atoms with Gasteiger partial charge in [0, 0.05) is 29.9 Å². The van der Waals surface area contributed by atoms with Gasteiger partial charge < -0.3 is 5.73 Å². The van der Waals surface area contributed by atoms with Crippen LogP contribution in [0.5, 0.6) is 0 Å². The lowest BCUT2D eigenvalue weighted by molar-refractivity contribution is 0.743. The Morgan fingerprint density at radius 1 is 1.44 bits per heavy atom. The fourth-order valence-corrected chi connectivity index (χ4v) is 2.82. The van der Waals surface area contributed by atoms with Crippen LogP contribution in [0.1, 0.15) is 11.1 Å². The highest BCUT2D eigenvalue weighted by molar-refractivity contribution is 7.99. The van der Waals surface area contributed by atoms with Crippen molar-refractivity contribution in [3.05, 3.63) is 47.8 Å². The van der Waals surface area contributed by atoms with Gasteiger partial charge in [0.1, 0.15) is 0 Å². The zero-order valence-electron chi connectivity index (χ0n) is 10.8. The van der Waals surface area contributed by atoms with Gasteiger partial charge in [0.2, 0.25) is 0 Å². The molecular weight excluding hydrogens is 242 g/mol. The van der Waals surface area contributed by atoms with Gasteiger partial charge in [-0.2, -0.15) is 5.10 Å². The molecule has 0 radical (unpaired) electrons. The van der Waals surface area contributed by atoms with Crippen molar-refractivity contribution in [2.75, 3.05) is 5.75 Å². The average Bonchev–Trinajstić information content (AvgIpc) is 2.72. The Morgan fingerprint density at radius 3 is 2.94 bits per heavy atom. The van der Waals surface area contributed by atoms with E-state index in [0.717, 1.165) is 12.2 Å². The molecule has 0 amide bonds. The third-order valence-corrected chi connectivity index (χ3v) is 3.89. The minimum atomic E-state index is 0.166. The number of nitrogens with zero attached hydrogens (tertiary/aromatic N) is 2. The number of thioether (sulfide) groups is 1. The largest absolute Gasteiger partial charge is 0.327 e. The SMILES string of the molecule is Cc1cccc(SCC(N)Cc2cnn(C)c2)c1. The van der Waals surface area contributed by atoms with Crippen LogP contribution in [-0.4, -0.2) is 21.6 Å². The number of nitrogens with two attached hydrogens (primary N) is 1. The van der Waals surface area contributed by atoms with E-state index in [1.54, 1.807) is 0 Å². The molecule has 0 fully saturated rings. The molecule has 1 heterocycles. The van der Waals surface area contributed by atoms with Crippen LogP contribution >= 0.6 is 11.8 Å². The number of hydrogen-bond acceptors (Lipinski definition) is 3. The molecule has 18 heavy (non-hydrogen) atoms. The standard InChI is InChI=1S/C14H19N3S/c1-11-4-3-5-14(6-11)18-10-13(15)7-12-8-16-17(2)9-12/h3-6,8-9,13H,7,10,15H2,1-2H3. The molecule has 0 saturated heterocycles. The molecule has 0 bridgehead atoms. The van der Waals surface area contributed by atoms with Gasteiger partial charge in [0.05, 0.1) is 6.20 Å². The van der Waals surface area contributed by atoms with Gasteiger partial charge >= 0.3 is 0 Å². The van der Waals surface area contributed by atoms with Crippen molar-refractivity contribution < 1.29 is 0 Å². The van der Waals surface area contributed by atoms with Gasteiger partial charge in [-0.25, -0.2) is 0 Å². The first-order chi connectivity index (χ1) is 8.63. The van der Waals surface area contributed by atoms with E-state index in [0.29, 0.717) is 0 Å². The van der Waals surface area contributed by atoms with E-state index in [4.69, 9.17) is 5.73 Å². The van der Waals surface area contributed by atoms with Crippen LogP contribution in [0.4, 0.5) is 0 Å². The zero-order chi connectivity index (χ0) is 13.0. The Balaban J connectivity index is 1.83. The highest BCUT2D eigenvalue weighted by Gasteiger charge is 2.06. The Bertz CT molecular complexity index is 507. The van der Waals surface area contributed by atoms with Crippen molar-refractivity contribution in [3.8, 4) is 0 Å². The summed E-state index contributed by atoms with van der Waals surface area (Å²) in [5.41, 5.74) is 8.64. The topological polar surface area (TPSA) is 43.8 Å². The maximum absolute atomic E-state index is 6.14. The third-order valence-electron chi connectivity index (χ3n) is 2.71. The molecule has 0 saturated carbocycles. The number of rotatable bonds is 5. The lowest BCUT2D eigenvalue weighted by Gasteiger charge is -2.10. The molecule has 0 aliphatic heterocycles. The summed E-state index contributed by atoms with van der Waals surface area (Å²) in [4.78, 5) is 1.29. The van der Waals surface area contributed by atoms with Crippen molar-refractivity contribution in [1.82, 2.24) is 9.78 Å². The fourth-order valence-electron chi connectivity index (χ4n) is 1.85. The first-order valence-corrected chi connectivity index (χ1v) is 7.04. The summed E-state index contributed by atoms with van der Waals surface area (Å²) >= 11 is 1.82. The molecule has 2 rings (SSSR count).